The van der Waals surface area contributed by atoms with Crippen molar-refractivity contribution in [1.29, 1.82) is 0 Å². The van der Waals surface area contributed by atoms with Gasteiger partial charge in [-0.25, -0.2) is 4.21 Å². The smallest absolute Gasteiger partial charge is 0.750 e. The second-order valence-corrected chi connectivity index (χ2v) is 4.48. The van der Waals surface area contributed by atoms with Gasteiger partial charge >= 0.3 is 29.6 Å². The molecule has 0 amide bonds. The van der Waals surface area contributed by atoms with Gasteiger partial charge in [0.05, 0.1) is 11.4 Å². The Morgan fingerprint density at radius 3 is 1.18 bits per heavy atom. The zero-order valence-corrected chi connectivity index (χ0v) is 14.6. The van der Waals surface area contributed by atoms with E-state index in [2.05, 4.69) is 13.8 Å². The maximum atomic E-state index is 8.56. The summed E-state index contributed by atoms with van der Waals surface area (Å²) in [4.78, 5) is 0. The molecule has 17 heavy (non-hydrogen) atoms. The average Bonchev–Trinajstić information content (AvgIpc) is 2.21. The fourth-order valence-electron chi connectivity index (χ4n) is 1.56. The minimum atomic E-state index is -2.86. The molecule has 0 aliphatic heterocycles. The van der Waals surface area contributed by atoms with Gasteiger partial charge < -0.3 is 9.11 Å². The van der Waals surface area contributed by atoms with Crippen LogP contribution in [-0.4, -0.2) is 13.3 Å². The van der Waals surface area contributed by atoms with Crippen LogP contribution in [0.3, 0.4) is 0 Å². The van der Waals surface area contributed by atoms with Crippen molar-refractivity contribution >= 4 is 11.4 Å². The number of hydrogen-bond donors (Lipinski definition) is 1. The standard InChI is InChI=1S/C12H26.Na.H2O3S/c1-3-5-7-9-11-12-10-8-6-4-2;;1-4(2)3/h3-12H2,1-2H3;;(H2,1,2,3)/q;+1;/p-1. The van der Waals surface area contributed by atoms with Gasteiger partial charge in [0.1, 0.15) is 0 Å². The van der Waals surface area contributed by atoms with E-state index in [1.165, 1.54) is 64.2 Å². The Hall–Kier alpha value is 1.07. The number of unbranched alkanes of at least 4 members (excludes halogenated alkanes) is 9. The molecule has 5 heteroatoms. The van der Waals surface area contributed by atoms with Gasteiger partial charge in [-0.2, -0.15) is 0 Å². The quantitative estimate of drug-likeness (QED) is 0.391. The molecule has 0 spiro atoms. The Kier molecular flexibility index (Phi) is 30.4. The minimum Gasteiger partial charge on any atom is -0.750 e. The van der Waals surface area contributed by atoms with Crippen molar-refractivity contribution in [3.8, 4) is 0 Å². The van der Waals surface area contributed by atoms with E-state index >= 15 is 0 Å². The van der Waals surface area contributed by atoms with Gasteiger partial charge in [-0.1, -0.05) is 78.1 Å². The Labute approximate surface area is 132 Å². The summed E-state index contributed by atoms with van der Waals surface area (Å²) in [7, 11) is 0. The molecule has 0 saturated carbocycles. The Bertz CT molecular complexity index is 132. The maximum absolute atomic E-state index is 8.56. The summed E-state index contributed by atoms with van der Waals surface area (Å²) in [5.41, 5.74) is 0. The summed E-state index contributed by atoms with van der Waals surface area (Å²) in [6.07, 6.45) is 14.4. The molecule has 0 aromatic rings. The molecule has 0 aliphatic carbocycles. The Morgan fingerprint density at radius 2 is 1.00 bits per heavy atom. The molecular weight excluding hydrogens is 247 g/mol. The molecular formula is C12H27NaO3S. The maximum Gasteiger partial charge on any atom is 1.00 e. The van der Waals surface area contributed by atoms with E-state index in [4.69, 9.17) is 13.3 Å². The topological polar surface area (TPSA) is 60.4 Å². The molecule has 1 unspecified atom stereocenters. The van der Waals surface area contributed by atoms with Gasteiger partial charge in [0, 0.05) is 0 Å². The van der Waals surface area contributed by atoms with E-state index in [-0.39, 0.29) is 29.6 Å². The predicted molar refractivity (Wildman–Crippen MR) is 69.1 cm³/mol. The number of hydrogen-bond acceptors (Lipinski definition) is 2. The molecule has 0 aromatic heterocycles. The summed E-state index contributed by atoms with van der Waals surface area (Å²) in [6, 6.07) is 0. The van der Waals surface area contributed by atoms with Crippen molar-refractivity contribution in [3.05, 3.63) is 0 Å². The zero-order valence-electron chi connectivity index (χ0n) is 11.7. The van der Waals surface area contributed by atoms with Gasteiger partial charge in [-0.05, 0) is 0 Å². The predicted octanol–water partition coefficient (Wildman–Crippen LogP) is 1.27. The van der Waals surface area contributed by atoms with Crippen molar-refractivity contribution in [3.63, 3.8) is 0 Å². The summed E-state index contributed by atoms with van der Waals surface area (Å²) >= 11 is -2.86. The first-order chi connectivity index (χ1) is 7.65. The van der Waals surface area contributed by atoms with Crippen LogP contribution in [0.1, 0.15) is 78.1 Å². The van der Waals surface area contributed by atoms with Crippen LogP contribution in [0.4, 0.5) is 0 Å². The summed E-state index contributed by atoms with van der Waals surface area (Å²) in [5.74, 6) is 0. The van der Waals surface area contributed by atoms with E-state index in [1.807, 2.05) is 0 Å². The van der Waals surface area contributed by atoms with Crippen LogP contribution in [0.15, 0.2) is 0 Å². The first-order valence-corrected chi connectivity index (χ1v) is 7.46. The molecule has 3 nitrogen and oxygen atoms in total. The Morgan fingerprint density at radius 1 is 0.824 bits per heavy atom. The Balaban J connectivity index is -0.000000340. The molecule has 0 aliphatic rings. The van der Waals surface area contributed by atoms with Gasteiger partial charge in [0.25, 0.3) is 0 Å². The zero-order chi connectivity index (χ0) is 12.6. The molecule has 0 rings (SSSR count). The first-order valence-electron chi connectivity index (χ1n) is 6.43. The van der Waals surface area contributed by atoms with Crippen LogP contribution >= 0.6 is 0 Å². The van der Waals surface area contributed by atoms with Gasteiger partial charge in [-0.15, -0.1) is 0 Å². The van der Waals surface area contributed by atoms with Crippen LogP contribution in [0.2, 0.25) is 0 Å². The summed E-state index contributed by atoms with van der Waals surface area (Å²) < 4.78 is 24.1. The van der Waals surface area contributed by atoms with Crippen LogP contribution in [-0.2, 0) is 11.4 Å². The van der Waals surface area contributed by atoms with Gasteiger partial charge in [0.2, 0.25) is 0 Å². The molecule has 1 atom stereocenters. The van der Waals surface area contributed by atoms with E-state index in [0.717, 1.165) is 0 Å². The third-order valence-corrected chi connectivity index (χ3v) is 2.46. The minimum absolute atomic E-state index is 0. The fraction of sp³-hybridized carbons (Fsp3) is 1.00. The molecule has 0 bridgehead atoms. The van der Waals surface area contributed by atoms with Crippen LogP contribution in [0.25, 0.3) is 0 Å². The third-order valence-electron chi connectivity index (χ3n) is 2.46. The molecule has 0 aromatic carbocycles. The SMILES string of the molecule is CCCCCCCCCCCC.O=S([O-])O.[Na+]. The molecule has 0 heterocycles. The van der Waals surface area contributed by atoms with Crippen molar-refractivity contribution in [2.45, 2.75) is 78.1 Å². The molecule has 0 fully saturated rings. The monoisotopic (exact) mass is 274 g/mol. The van der Waals surface area contributed by atoms with Crippen molar-refractivity contribution in [2.24, 2.45) is 0 Å². The van der Waals surface area contributed by atoms with Crippen LogP contribution in [0, 0.1) is 0 Å². The van der Waals surface area contributed by atoms with E-state index < -0.39 is 11.4 Å². The largest absolute Gasteiger partial charge is 1.00 e. The molecule has 0 radical (unpaired) electrons. The van der Waals surface area contributed by atoms with Crippen molar-refractivity contribution in [1.82, 2.24) is 0 Å². The van der Waals surface area contributed by atoms with Gasteiger partial charge in [0.15, 0.2) is 0 Å². The molecule has 1 N–H and O–H groups in total. The average molecular weight is 274 g/mol. The van der Waals surface area contributed by atoms with Gasteiger partial charge in [-0.3, -0.25) is 0 Å². The fourth-order valence-corrected chi connectivity index (χ4v) is 1.56. The van der Waals surface area contributed by atoms with Crippen molar-refractivity contribution in [2.75, 3.05) is 0 Å². The van der Waals surface area contributed by atoms with E-state index in [0.29, 0.717) is 0 Å². The third kappa shape index (κ3) is 38.2. The summed E-state index contributed by atoms with van der Waals surface area (Å²) in [6.45, 7) is 4.56. The van der Waals surface area contributed by atoms with E-state index in [9.17, 15) is 0 Å². The summed E-state index contributed by atoms with van der Waals surface area (Å²) in [5, 5.41) is 0. The normalized spacial score (nSPS) is 11.1. The first kappa shape index (κ1) is 23.2. The van der Waals surface area contributed by atoms with Crippen LogP contribution in [0.5, 0.6) is 0 Å². The molecule has 100 valence electrons. The number of rotatable bonds is 9. The van der Waals surface area contributed by atoms with Crippen LogP contribution < -0.4 is 29.6 Å². The second-order valence-electron chi connectivity index (χ2n) is 4.05. The molecule has 0 saturated heterocycles. The van der Waals surface area contributed by atoms with Crippen molar-refractivity contribution < 1.29 is 42.9 Å². The second kappa shape index (κ2) is 22.3. The van der Waals surface area contributed by atoms with E-state index in [1.54, 1.807) is 0 Å².